The maximum atomic E-state index is 13.2. The third kappa shape index (κ3) is 4.19. The summed E-state index contributed by atoms with van der Waals surface area (Å²) >= 11 is 6.24. The Hall–Kier alpha value is -2.85. The number of carbonyl (C=O) groups is 2. The van der Waals surface area contributed by atoms with Gasteiger partial charge in [-0.25, -0.2) is 4.79 Å². The Morgan fingerprint density at radius 2 is 1.93 bits per heavy atom. The number of esters is 1. The van der Waals surface area contributed by atoms with Crippen molar-refractivity contribution < 1.29 is 14.3 Å². The van der Waals surface area contributed by atoms with Gasteiger partial charge in [0.2, 0.25) is 0 Å². The largest absolute Gasteiger partial charge is 0.462 e. The van der Waals surface area contributed by atoms with Gasteiger partial charge in [-0.3, -0.25) is 4.79 Å². The van der Waals surface area contributed by atoms with E-state index in [1.807, 2.05) is 55.5 Å². The predicted molar refractivity (Wildman–Crippen MR) is 117 cm³/mol. The number of carbonyl (C=O) groups excluding carboxylic acids is 2. The molecule has 1 atom stereocenters. The highest BCUT2D eigenvalue weighted by molar-refractivity contribution is 6.30. The number of hydrogen-bond donors (Lipinski definition) is 1. The fourth-order valence-electron chi connectivity index (χ4n) is 4.26. The first-order valence-corrected chi connectivity index (χ1v) is 10.6. The summed E-state index contributed by atoms with van der Waals surface area (Å²) in [6.45, 7) is 2.15. The van der Waals surface area contributed by atoms with E-state index in [1.54, 1.807) is 6.07 Å². The van der Waals surface area contributed by atoms with E-state index in [2.05, 4.69) is 5.32 Å². The van der Waals surface area contributed by atoms with Crippen molar-refractivity contribution in [1.29, 1.82) is 0 Å². The molecule has 4 rings (SSSR count). The van der Waals surface area contributed by atoms with Crippen LogP contribution in [-0.2, 0) is 20.7 Å². The molecule has 0 saturated heterocycles. The molecule has 1 heterocycles. The molecule has 0 fully saturated rings. The van der Waals surface area contributed by atoms with Crippen molar-refractivity contribution in [3.63, 3.8) is 0 Å². The minimum atomic E-state index is -0.461. The predicted octanol–water partition coefficient (Wildman–Crippen LogP) is 5.09. The van der Waals surface area contributed by atoms with Crippen molar-refractivity contribution in [2.75, 3.05) is 6.61 Å². The summed E-state index contributed by atoms with van der Waals surface area (Å²) in [6, 6.07) is 17.3. The first-order chi connectivity index (χ1) is 14.5. The molecule has 0 amide bonds. The van der Waals surface area contributed by atoms with Crippen LogP contribution in [-0.4, -0.2) is 18.4 Å². The van der Waals surface area contributed by atoms with Crippen LogP contribution in [0.5, 0.6) is 0 Å². The number of Topliss-reactive ketones (excluding diaryl/α,β-unsaturated/α-hetero) is 1. The van der Waals surface area contributed by atoms with Gasteiger partial charge in [0, 0.05) is 40.7 Å². The molecule has 1 aliphatic carbocycles. The molecular formula is C25H24ClNO3. The summed E-state index contributed by atoms with van der Waals surface area (Å²) in [4.78, 5) is 26.0. The molecule has 154 valence electrons. The van der Waals surface area contributed by atoms with Crippen molar-refractivity contribution in [2.24, 2.45) is 0 Å². The number of ketones is 1. The molecule has 2 aromatic carbocycles. The number of allylic oxidation sites excluding steroid dienone is 3. The van der Waals surface area contributed by atoms with Gasteiger partial charge in [-0.15, -0.1) is 0 Å². The van der Waals surface area contributed by atoms with Crippen LogP contribution < -0.4 is 5.32 Å². The zero-order valence-electron chi connectivity index (χ0n) is 16.9. The summed E-state index contributed by atoms with van der Waals surface area (Å²) in [6.07, 6.45) is 2.75. The van der Waals surface area contributed by atoms with Crippen molar-refractivity contribution in [3.8, 4) is 0 Å². The number of benzene rings is 2. The molecule has 1 aliphatic heterocycles. The van der Waals surface area contributed by atoms with Crippen molar-refractivity contribution >= 4 is 23.4 Å². The molecule has 0 radical (unpaired) electrons. The minimum absolute atomic E-state index is 0.0795. The van der Waals surface area contributed by atoms with Crippen molar-refractivity contribution in [2.45, 2.75) is 38.5 Å². The van der Waals surface area contributed by atoms with E-state index in [9.17, 15) is 9.59 Å². The second kappa shape index (κ2) is 8.88. The van der Waals surface area contributed by atoms with E-state index in [0.29, 0.717) is 29.0 Å². The second-order valence-corrected chi connectivity index (χ2v) is 8.13. The Bertz CT molecular complexity index is 1040. The fraction of sp³-hybridized carbons (Fsp3) is 0.280. The summed E-state index contributed by atoms with van der Waals surface area (Å²) < 4.78 is 5.65. The molecule has 0 bridgehead atoms. The minimum Gasteiger partial charge on any atom is -0.462 e. The first kappa shape index (κ1) is 20.4. The van der Waals surface area contributed by atoms with Crippen molar-refractivity contribution in [3.05, 3.63) is 93.3 Å². The van der Waals surface area contributed by atoms with Gasteiger partial charge in [0.15, 0.2) is 5.78 Å². The van der Waals surface area contributed by atoms with Crippen LogP contribution in [0.2, 0.25) is 5.02 Å². The molecule has 0 spiro atoms. The van der Waals surface area contributed by atoms with Crippen LogP contribution in [0.4, 0.5) is 0 Å². The Morgan fingerprint density at radius 3 is 2.70 bits per heavy atom. The monoisotopic (exact) mass is 421 g/mol. The molecule has 0 aromatic heterocycles. The average Bonchev–Trinajstić information content (AvgIpc) is 2.73. The first-order valence-electron chi connectivity index (χ1n) is 10.2. The second-order valence-electron chi connectivity index (χ2n) is 7.69. The van der Waals surface area contributed by atoms with Crippen molar-refractivity contribution in [1.82, 2.24) is 5.32 Å². The van der Waals surface area contributed by atoms with Gasteiger partial charge >= 0.3 is 5.97 Å². The summed E-state index contributed by atoms with van der Waals surface area (Å²) in [5.74, 6) is -0.779. The number of dihydropyridines is 1. The maximum absolute atomic E-state index is 13.2. The Balaban J connectivity index is 1.64. The molecule has 0 unspecified atom stereocenters. The molecule has 5 heteroatoms. The molecule has 4 nitrogen and oxygen atoms in total. The number of ether oxygens (including phenoxy) is 1. The molecule has 2 aromatic rings. The van der Waals surface area contributed by atoms with Crippen LogP contribution >= 0.6 is 11.6 Å². The number of rotatable bonds is 5. The molecular weight excluding hydrogens is 398 g/mol. The number of nitrogens with one attached hydrogen (secondary N) is 1. The lowest BCUT2D eigenvalue weighted by atomic mass is 9.75. The van der Waals surface area contributed by atoms with E-state index >= 15 is 0 Å². The van der Waals surface area contributed by atoms with E-state index in [0.717, 1.165) is 35.4 Å². The third-order valence-corrected chi connectivity index (χ3v) is 5.88. The molecule has 0 saturated carbocycles. The Morgan fingerprint density at radius 1 is 1.13 bits per heavy atom. The Labute approximate surface area is 181 Å². The quantitative estimate of drug-likeness (QED) is 0.683. The molecule has 2 aliphatic rings. The van der Waals surface area contributed by atoms with Crippen LogP contribution in [0, 0.1) is 0 Å². The zero-order valence-corrected chi connectivity index (χ0v) is 17.7. The van der Waals surface area contributed by atoms with Gasteiger partial charge < -0.3 is 10.1 Å². The highest BCUT2D eigenvalue weighted by atomic mass is 35.5. The normalized spacial score (nSPS) is 18.7. The zero-order chi connectivity index (χ0) is 21.1. The van der Waals surface area contributed by atoms with Gasteiger partial charge in [-0.2, -0.15) is 0 Å². The lowest BCUT2D eigenvalue weighted by molar-refractivity contribution is -0.139. The van der Waals surface area contributed by atoms with Gasteiger partial charge in [-0.05, 0) is 43.0 Å². The number of hydrogen-bond acceptors (Lipinski definition) is 4. The fourth-order valence-corrected chi connectivity index (χ4v) is 4.46. The molecule has 30 heavy (non-hydrogen) atoms. The smallest absolute Gasteiger partial charge is 0.336 e. The summed E-state index contributed by atoms with van der Waals surface area (Å²) in [5, 5.41) is 3.88. The highest BCUT2D eigenvalue weighted by Crippen LogP contribution is 2.42. The Kier molecular flexibility index (Phi) is 6.05. The summed E-state index contributed by atoms with van der Waals surface area (Å²) in [7, 11) is 0. The topological polar surface area (TPSA) is 55.4 Å². The highest BCUT2D eigenvalue weighted by Gasteiger charge is 2.39. The van der Waals surface area contributed by atoms with Crippen LogP contribution in [0.1, 0.15) is 43.2 Å². The van der Waals surface area contributed by atoms with Crippen LogP contribution in [0.25, 0.3) is 0 Å². The third-order valence-electron chi connectivity index (χ3n) is 5.64. The van der Waals surface area contributed by atoms with E-state index in [-0.39, 0.29) is 12.4 Å². The summed E-state index contributed by atoms with van der Waals surface area (Å²) in [5.41, 5.74) is 4.74. The SMILES string of the molecule is CC1=C(C(=O)OCCc2ccccc2)[C@H](c2cccc(Cl)c2)C2=C(CCCC2=O)N1. The van der Waals surface area contributed by atoms with E-state index in [4.69, 9.17) is 16.3 Å². The van der Waals surface area contributed by atoms with Gasteiger partial charge in [0.1, 0.15) is 0 Å². The number of halogens is 1. The molecule has 1 N–H and O–H groups in total. The van der Waals surface area contributed by atoms with E-state index < -0.39 is 11.9 Å². The lowest BCUT2D eigenvalue weighted by Crippen LogP contribution is -2.34. The van der Waals surface area contributed by atoms with Crippen LogP contribution in [0.15, 0.2) is 77.1 Å². The maximum Gasteiger partial charge on any atom is 0.336 e. The average molecular weight is 422 g/mol. The van der Waals surface area contributed by atoms with Gasteiger partial charge in [0.05, 0.1) is 12.2 Å². The van der Waals surface area contributed by atoms with Crippen LogP contribution in [0.3, 0.4) is 0 Å². The van der Waals surface area contributed by atoms with Gasteiger partial charge in [0.25, 0.3) is 0 Å². The van der Waals surface area contributed by atoms with E-state index in [1.165, 1.54) is 0 Å². The van der Waals surface area contributed by atoms with Gasteiger partial charge in [-0.1, -0.05) is 54.1 Å². The lowest BCUT2D eigenvalue weighted by Gasteiger charge is -2.34. The standard InChI is InChI=1S/C25H24ClNO3/c1-16-22(25(29)30-14-13-17-7-3-2-4-8-17)23(18-9-5-10-19(26)15-18)24-20(27-16)11-6-12-21(24)28/h2-5,7-10,15,23,27H,6,11-14H2,1H3/t23-/m0/s1.